The van der Waals surface area contributed by atoms with E-state index in [0.717, 1.165) is 11.3 Å². The zero-order valence-corrected chi connectivity index (χ0v) is 6.77. The molecule has 1 heterocycles. The molecule has 0 unspecified atom stereocenters. The van der Waals surface area contributed by atoms with Gasteiger partial charge in [0.2, 0.25) is 0 Å². The minimum Gasteiger partial charge on any atom is -0.507 e. The largest absolute Gasteiger partial charge is 0.507 e. The molecule has 0 spiro atoms. The average molecular weight is 164 g/mol. The Morgan fingerprint density at radius 1 is 1.36 bits per heavy atom. The number of fused-ring (bicyclic) bond motifs is 1. The van der Waals surface area contributed by atoms with Crippen molar-refractivity contribution in [2.24, 2.45) is 0 Å². The van der Waals surface area contributed by atoms with E-state index in [2.05, 4.69) is 6.08 Å². The monoisotopic (exact) mass is 164 g/mol. The Morgan fingerprint density at radius 2 is 2.27 bits per heavy atom. The van der Waals surface area contributed by atoms with Gasteiger partial charge in [-0.05, 0) is 23.5 Å². The summed E-state index contributed by atoms with van der Waals surface area (Å²) in [5.74, 6) is 0.400. The first kappa shape index (κ1) is 6.80. The number of phenols is 1. The number of hydrogen-bond acceptors (Lipinski definition) is 2. The molecule has 1 aromatic rings. The van der Waals surface area contributed by atoms with Crippen molar-refractivity contribution in [1.29, 1.82) is 0 Å². The van der Waals surface area contributed by atoms with Crippen molar-refractivity contribution in [3.8, 4) is 5.75 Å². The summed E-state index contributed by atoms with van der Waals surface area (Å²) in [6.45, 7) is 0. The van der Waals surface area contributed by atoms with E-state index in [9.17, 15) is 5.11 Å². The highest BCUT2D eigenvalue weighted by Gasteiger charge is 2.08. The van der Waals surface area contributed by atoms with Crippen molar-refractivity contribution in [3.05, 3.63) is 35.2 Å². The van der Waals surface area contributed by atoms with Gasteiger partial charge >= 0.3 is 0 Å². The van der Waals surface area contributed by atoms with E-state index in [0.29, 0.717) is 5.75 Å². The summed E-state index contributed by atoms with van der Waals surface area (Å²) in [5.41, 5.74) is 1.22. The van der Waals surface area contributed by atoms with Crippen molar-refractivity contribution in [1.82, 2.24) is 0 Å². The Hall–Kier alpha value is -0.890. The second-order valence-electron chi connectivity index (χ2n) is 2.46. The van der Waals surface area contributed by atoms with E-state index in [1.807, 2.05) is 17.5 Å². The van der Waals surface area contributed by atoms with Gasteiger partial charge in [0, 0.05) is 0 Å². The molecule has 0 radical (unpaired) electrons. The van der Waals surface area contributed by atoms with Crippen molar-refractivity contribution in [3.63, 3.8) is 0 Å². The van der Waals surface area contributed by atoms with Gasteiger partial charge in [-0.3, -0.25) is 0 Å². The molecule has 2 heteroatoms. The Bertz CT molecular complexity index is 304. The zero-order chi connectivity index (χ0) is 7.68. The van der Waals surface area contributed by atoms with Crippen LogP contribution in [-0.4, -0.2) is 5.11 Å². The highest BCUT2D eigenvalue weighted by Crippen LogP contribution is 2.35. The number of aromatic hydroxyl groups is 1. The van der Waals surface area contributed by atoms with Crippen LogP contribution in [0.25, 0.3) is 0 Å². The van der Waals surface area contributed by atoms with E-state index in [4.69, 9.17) is 0 Å². The van der Waals surface area contributed by atoms with Gasteiger partial charge in [0.05, 0.1) is 4.90 Å². The third-order valence-corrected chi connectivity index (χ3v) is 2.73. The molecular formula is C9H8OS. The molecular weight excluding hydrogens is 156 g/mol. The quantitative estimate of drug-likeness (QED) is 0.636. The molecule has 1 aliphatic rings. The van der Waals surface area contributed by atoms with Crippen LogP contribution in [0.4, 0.5) is 0 Å². The van der Waals surface area contributed by atoms with Gasteiger partial charge in [-0.2, -0.15) is 0 Å². The van der Waals surface area contributed by atoms with E-state index in [1.54, 1.807) is 17.8 Å². The summed E-state index contributed by atoms with van der Waals surface area (Å²) in [6, 6.07) is 5.66. The lowest BCUT2D eigenvalue weighted by Gasteiger charge is -2.10. The molecule has 1 N–H and O–H groups in total. The second kappa shape index (κ2) is 2.62. The van der Waals surface area contributed by atoms with Crippen LogP contribution in [0.1, 0.15) is 5.56 Å². The number of benzene rings is 1. The minimum absolute atomic E-state index is 0.400. The number of hydrogen-bond donors (Lipinski definition) is 1. The average Bonchev–Trinajstić information content (AvgIpc) is 2.06. The van der Waals surface area contributed by atoms with Gasteiger partial charge in [0.1, 0.15) is 5.75 Å². The highest BCUT2D eigenvalue weighted by molar-refractivity contribution is 8.02. The topological polar surface area (TPSA) is 20.2 Å². The second-order valence-corrected chi connectivity index (χ2v) is 3.38. The Labute approximate surface area is 69.7 Å². The Morgan fingerprint density at radius 3 is 3.09 bits per heavy atom. The number of phenolic OH excluding ortho intramolecular Hbond substituents is 1. The van der Waals surface area contributed by atoms with Gasteiger partial charge in [-0.15, -0.1) is 0 Å². The SMILES string of the molecule is Oc1cccc2c1SC=CC2. The fourth-order valence-electron chi connectivity index (χ4n) is 1.16. The molecule has 0 atom stereocenters. The molecule has 0 fully saturated rings. The van der Waals surface area contributed by atoms with Crippen LogP contribution in [0.5, 0.6) is 5.75 Å². The van der Waals surface area contributed by atoms with Crippen LogP contribution in [-0.2, 0) is 6.42 Å². The summed E-state index contributed by atoms with van der Waals surface area (Å²) in [7, 11) is 0. The lowest BCUT2D eigenvalue weighted by Crippen LogP contribution is -1.88. The molecule has 56 valence electrons. The van der Waals surface area contributed by atoms with Gasteiger partial charge in [0.15, 0.2) is 0 Å². The molecule has 0 amide bonds. The molecule has 0 saturated heterocycles. The van der Waals surface area contributed by atoms with Crippen LogP contribution in [0.3, 0.4) is 0 Å². The van der Waals surface area contributed by atoms with Crippen LogP contribution >= 0.6 is 11.8 Å². The van der Waals surface area contributed by atoms with Crippen LogP contribution in [0, 0.1) is 0 Å². The van der Waals surface area contributed by atoms with Gasteiger partial charge in [-0.25, -0.2) is 0 Å². The van der Waals surface area contributed by atoms with E-state index in [1.165, 1.54) is 5.56 Å². The highest BCUT2D eigenvalue weighted by atomic mass is 32.2. The summed E-state index contributed by atoms with van der Waals surface area (Å²) in [4.78, 5) is 1.01. The van der Waals surface area contributed by atoms with Crippen LogP contribution < -0.4 is 0 Å². The van der Waals surface area contributed by atoms with Crippen LogP contribution in [0.15, 0.2) is 34.6 Å². The normalized spacial score (nSPS) is 14.5. The molecule has 2 rings (SSSR count). The molecule has 0 bridgehead atoms. The molecule has 0 aliphatic carbocycles. The molecule has 0 aromatic heterocycles. The van der Waals surface area contributed by atoms with Gasteiger partial charge in [-0.1, -0.05) is 30.0 Å². The summed E-state index contributed by atoms with van der Waals surface area (Å²) >= 11 is 1.58. The predicted molar refractivity (Wildman–Crippen MR) is 46.8 cm³/mol. The maximum Gasteiger partial charge on any atom is 0.129 e. The third kappa shape index (κ3) is 1.14. The fraction of sp³-hybridized carbons (Fsp3) is 0.111. The maximum absolute atomic E-state index is 9.40. The van der Waals surface area contributed by atoms with Crippen molar-refractivity contribution in [2.45, 2.75) is 11.3 Å². The molecule has 0 saturated carbocycles. The first-order valence-corrected chi connectivity index (χ1v) is 4.38. The van der Waals surface area contributed by atoms with Crippen molar-refractivity contribution < 1.29 is 5.11 Å². The zero-order valence-electron chi connectivity index (χ0n) is 5.95. The first-order chi connectivity index (χ1) is 5.38. The first-order valence-electron chi connectivity index (χ1n) is 3.50. The van der Waals surface area contributed by atoms with Gasteiger partial charge in [0.25, 0.3) is 0 Å². The summed E-state index contributed by atoms with van der Waals surface area (Å²) in [5, 5.41) is 11.4. The fourth-order valence-corrected chi connectivity index (χ4v) is 1.98. The van der Waals surface area contributed by atoms with Crippen molar-refractivity contribution in [2.75, 3.05) is 0 Å². The minimum atomic E-state index is 0.400. The molecule has 1 aliphatic heterocycles. The lowest BCUT2D eigenvalue weighted by molar-refractivity contribution is 0.461. The Kier molecular flexibility index (Phi) is 1.62. The maximum atomic E-state index is 9.40. The Balaban J connectivity index is 2.54. The lowest BCUT2D eigenvalue weighted by atomic mass is 10.1. The van der Waals surface area contributed by atoms with Crippen molar-refractivity contribution >= 4 is 11.8 Å². The number of thioether (sulfide) groups is 1. The summed E-state index contributed by atoms with van der Waals surface area (Å²) in [6.07, 6.45) is 3.04. The summed E-state index contributed by atoms with van der Waals surface area (Å²) < 4.78 is 0. The number of rotatable bonds is 0. The molecule has 1 aromatic carbocycles. The van der Waals surface area contributed by atoms with E-state index >= 15 is 0 Å². The van der Waals surface area contributed by atoms with Crippen LogP contribution in [0.2, 0.25) is 0 Å². The molecule has 1 nitrogen and oxygen atoms in total. The van der Waals surface area contributed by atoms with Gasteiger partial charge < -0.3 is 5.11 Å². The van der Waals surface area contributed by atoms with E-state index in [-0.39, 0.29) is 0 Å². The number of allylic oxidation sites excluding steroid dienone is 1. The molecule has 11 heavy (non-hydrogen) atoms. The predicted octanol–water partition coefficient (Wildman–Crippen LogP) is 2.55. The standard InChI is InChI=1S/C9H8OS/c10-8-5-1-3-7-4-2-6-11-9(7)8/h1-3,5-6,10H,4H2. The third-order valence-electron chi connectivity index (χ3n) is 1.70. The van der Waals surface area contributed by atoms with E-state index < -0.39 is 0 Å². The smallest absolute Gasteiger partial charge is 0.129 e.